The van der Waals surface area contributed by atoms with Gasteiger partial charge in [0.05, 0.1) is 18.0 Å². The number of hydrogen-bond acceptors (Lipinski definition) is 6. The van der Waals surface area contributed by atoms with Crippen molar-refractivity contribution in [2.75, 3.05) is 5.32 Å². The zero-order valence-corrected chi connectivity index (χ0v) is 16.8. The topological polar surface area (TPSA) is 97.6 Å². The minimum Gasteiger partial charge on any atom is -0.386 e. The van der Waals surface area contributed by atoms with E-state index in [0.29, 0.717) is 17.9 Å². The highest BCUT2D eigenvalue weighted by Gasteiger charge is 2.25. The Morgan fingerprint density at radius 3 is 2.50 bits per heavy atom. The third kappa shape index (κ3) is 3.96. The summed E-state index contributed by atoms with van der Waals surface area (Å²) in [4.78, 5) is 13.4. The van der Waals surface area contributed by atoms with E-state index in [1.54, 1.807) is 13.8 Å². The van der Waals surface area contributed by atoms with Gasteiger partial charge in [-0.25, -0.2) is 4.79 Å². The quantitative estimate of drug-likeness (QED) is 0.389. The normalized spacial score (nSPS) is 15.2. The number of hydrogen-bond donors (Lipinski definition) is 3. The molecule has 0 spiro atoms. The van der Waals surface area contributed by atoms with Crippen molar-refractivity contribution in [3.05, 3.63) is 46.3 Å². The van der Waals surface area contributed by atoms with Gasteiger partial charge in [0.2, 0.25) is 0 Å². The second-order valence-corrected chi connectivity index (χ2v) is 8.16. The van der Waals surface area contributed by atoms with Crippen LogP contribution < -0.4 is 15.1 Å². The fraction of sp³-hybridized carbons (Fsp3) is 0.474. The Hall–Kier alpha value is -2.23. The van der Waals surface area contributed by atoms with Crippen LogP contribution in [0.15, 0.2) is 18.5 Å². The van der Waals surface area contributed by atoms with Crippen LogP contribution in [-0.4, -0.2) is 21.1 Å². The molecule has 0 bridgehead atoms. The molecule has 2 aromatic rings. The maximum absolute atomic E-state index is 12.3. The largest absolute Gasteiger partial charge is 0.386 e. The van der Waals surface area contributed by atoms with Crippen LogP contribution in [0.2, 0.25) is 0 Å². The molecule has 150 valence electrons. The molecule has 0 unspecified atom stereocenters. The van der Waals surface area contributed by atoms with E-state index in [0.717, 1.165) is 49.1 Å². The van der Waals surface area contributed by atoms with Gasteiger partial charge in [-0.2, -0.15) is 9.76 Å². The summed E-state index contributed by atoms with van der Waals surface area (Å²) in [6, 6.07) is 1.88. The van der Waals surface area contributed by atoms with Crippen molar-refractivity contribution in [3.8, 4) is 0 Å². The molecule has 9 heteroatoms. The van der Waals surface area contributed by atoms with Gasteiger partial charge in [-0.1, -0.05) is 10.9 Å². The zero-order valence-electron chi connectivity index (χ0n) is 15.9. The monoisotopic (exact) mass is 404 g/mol. The van der Waals surface area contributed by atoms with E-state index in [1.807, 2.05) is 0 Å². The molecular formula is C19H24N4O4S. The lowest BCUT2D eigenvalue weighted by Crippen LogP contribution is -2.28. The van der Waals surface area contributed by atoms with E-state index in [4.69, 9.17) is 8.57 Å². The van der Waals surface area contributed by atoms with Crippen LogP contribution in [0.1, 0.15) is 54.5 Å². The first-order valence-electron chi connectivity index (χ1n) is 9.43. The van der Waals surface area contributed by atoms with Gasteiger partial charge < -0.3 is 10.4 Å². The summed E-state index contributed by atoms with van der Waals surface area (Å²) in [6.07, 6.45) is 9.45. The fourth-order valence-electron chi connectivity index (χ4n) is 3.87. The first kappa shape index (κ1) is 19.1. The number of aryl methyl sites for hydroxylation is 2. The predicted molar refractivity (Wildman–Crippen MR) is 105 cm³/mol. The molecular weight excluding hydrogens is 380 g/mol. The first-order chi connectivity index (χ1) is 13.4. The highest BCUT2D eigenvalue weighted by Crippen LogP contribution is 2.38. The molecule has 0 atom stereocenters. The number of carbonyl (C=O) groups excluding carboxylic acids is 1. The summed E-state index contributed by atoms with van der Waals surface area (Å²) >= 11 is 0.567. The second-order valence-electron chi connectivity index (χ2n) is 7.71. The van der Waals surface area contributed by atoms with Gasteiger partial charge in [-0.3, -0.25) is 4.28 Å². The standard InChI is InChI=1S/C19H24N4O4S/c1-19(2,25)14-10-20-23(11-14)27-28-26-22-18(24)21-17-15-7-3-5-12(15)9-13-6-4-8-16(13)17/h9-11,25H,3-8H2,1-2H3,(H2,21,22,24). The van der Waals surface area contributed by atoms with Gasteiger partial charge >= 0.3 is 6.03 Å². The molecule has 2 aliphatic carbocycles. The number of benzene rings is 1. The van der Waals surface area contributed by atoms with Crippen molar-refractivity contribution in [1.82, 2.24) is 15.4 Å². The van der Waals surface area contributed by atoms with Gasteiger partial charge in [0.25, 0.3) is 12.3 Å². The van der Waals surface area contributed by atoms with E-state index in [-0.39, 0.29) is 0 Å². The predicted octanol–water partition coefficient (Wildman–Crippen LogP) is 2.83. The molecule has 0 fully saturated rings. The summed E-state index contributed by atoms with van der Waals surface area (Å²) in [5.41, 5.74) is 8.10. The smallest absolute Gasteiger partial charge is 0.344 e. The molecule has 28 heavy (non-hydrogen) atoms. The SMILES string of the molecule is CC(C)(O)c1cnn(OSONC(=O)Nc2c3c(cc4c2CCC4)CCC3)c1. The average Bonchev–Trinajstić information content (AvgIpc) is 3.37. The molecule has 8 nitrogen and oxygen atoms in total. The number of rotatable bonds is 6. The third-order valence-corrected chi connectivity index (χ3v) is 5.62. The summed E-state index contributed by atoms with van der Waals surface area (Å²) in [6.45, 7) is 3.31. The molecule has 0 radical (unpaired) electrons. The van der Waals surface area contributed by atoms with Crippen LogP contribution in [-0.2, 0) is 35.6 Å². The number of hydroxylamine groups is 1. The molecule has 1 aromatic heterocycles. The van der Waals surface area contributed by atoms with E-state index in [9.17, 15) is 9.90 Å². The second kappa shape index (κ2) is 7.65. The van der Waals surface area contributed by atoms with Gasteiger partial charge in [-0.05, 0) is 74.6 Å². The lowest BCUT2D eigenvalue weighted by Gasteiger charge is -2.16. The first-order valence-corrected chi connectivity index (χ1v) is 10.1. The highest BCUT2D eigenvalue weighted by atomic mass is 32.2. The van der Waals surface area contributed by atoms with Gasteiger partial charge in [-0.15, -0.1) is 5.10 Å². The van der Waals surface area contributed by atoms with Crippen molar-refractivity contribution in [2.45, 2.75) is 58.0 Å². The number of anilines is 1. The summed E-state index contributed by atoms with van der Waals surface area (Å²) in [5, 5.41) is 16.8. The molecule has 0 saturated carbocycles. The molecule has 2 amide bonds. The Morgan fingerprint density at radius 2 is 1.89 bits per heavy atom. The van der Waals surface area contributed by atoms with Gasteiger partial charge in [0.15, 0.2) is 0 Å². The summed E-state index contributed by atoms with van der Waals surface area (Å²) in [7, 11) is 0. The van der Waals surface area contributed by atoms with Crippen molar-refractivity contribution in [1.29, 1.82) is 0 Å². The maximum Gasteiger partial charge on any atom is 0.344 e. The van der Waals surface area contributed by atoms with Crippen LogP contribution in [0.4, 0.5) is 10.5 Å². The van der Waals surface area contributed by atoms with Crippen LogP contribution in [0.5, 0.6) is 0 Å². The number of aliphatic hydroxyl groups is 1. The number of amides is 2. The number of aromatic nitrogens is 2. The lowest BCUT2D eigenvalue weighted by atomic mass is 9.99. The van der Waals surface area contributed by atoms with Crippen LogP contribution >= 0.6 is 12.3 Å². The van der Waals surface area contributed by atoms with Crippen LogP contribution in [0, 0.1) is 0 Å². The van der Waals surface area contributed by atoms with E-state index in [1.165, 1.54) is 34.6 Å². The number of urea groups is 1. The molecule has 3 N–H and O–H groups in total. The Kier molecular flexibility index (Phi) is 5.22. The van der Waals surface area contributed by atoms with E-state index < -0.39 is 11.6 Å². The van der Waals surface area contributed by atoms with Crippen molar-refractivity contribution >= 4 is 24.0 Å². The van der Waals surface area contributed by atoms with E-state index in [2.05, 4.69) is 22.0 Å². The third-order valence-electron chi connectivity index (χ3n) is 5.25. The number of nitrogens with zero attached hydrogens (tertiary/aromatic N) is 2. The average molecular weight is 404 g/mol. The fourth-order valence-corrected chi connectivity index (χ4v) is 4.15. The number of nitrogens with one attached hydrogen (secondary N) is 2. The van der Waals surface area contributed by atoms with Crippen molar-refractivity contribution in [2.24, 2.45) is 0 Å². The lowest BCUT2D eigenvalue weighted by molar-refractivity contribution is 0.0779. The van der Waals surface area contributed by atoms with Crippen molar-refractivity contribution < 1.29 is 18.5 Å². The molecule has 0 aliphatic heterocycles. The minimum atomic E-state index is -1.01. The summed E-state index contributed by atoms with van der Waals surface area (Å²) < 4.78 is 10.2. The van der Waals surface area contributed by atoms with Gasteiger partial charge in [0, 0.05) is 11.3 Å². The molecule has 0 saturated heterocycles. The van der Waals surface area contributed by atoms with Crippen LogP contribution in [0.25, 0.3) is 0 Å². The number of fused-ring (bicyclic) bond motifs is 2. The molecule has 2 aliphatic rings. The Balaban J connectivity index is 1.31. The Morgan fingerprint density at radius 1 is 1.21 bits per heavy atom. The molecule has 1 aromatic carbocycles. The Labute approximate surface area is 167 Å². The highest BCUT2D eigenvalue weighted by molar-refractivity contribution is 7.90. The van der Waals surface area contributed by atoms with Gasteiger partial charge in [0.1, 0.15) is 0 Å². The minimum absolute atomic E-state index is 0.442. The van der Waals surface area contributed by atoms with Crippen molar-refractivity contribution in [3.63, 3.8) is 0 Å². The summed E-state index contributed by atoms with van der Waals surface area (Å²) in [5.74, 6) is 0. The zero-order chi connectivity index (χ0) is 19.7. The van der Waals surface area contributed by atoms with Crippen LogP contribution in [0.3, 0.4) is 0 Å². The number of carbonyl (C=O) groups is 1. The molecule has 4 rings (SSSR count). The maximum atomic E-state index is 12.3. The van der Waals surface area contributed by atoms with E-state index >= 15 is 0 Å². The Bertz CT molecular complexity index is 859. The molecule has 1 heterocycles.